The lowest BCUT2D eigenvalue weighted by Gasteiger charge is -2.11. The molecule has 13 heteroatoms. The molecular weight excluding hydrogens is 594 g/mol. The van der Waals surface area contributed by atoms with Crippen molar-refractivity contribution in [1.82, 2.24) is 14.5 Å². The minimum absolute atomic E-state index is 0.0240. The summed E-state index contributed by atoms with van der Waals surface area (Å²) in [5.74, 6) is -4.08. The van der Waals surface area contributed by atoms with Crippen LogP contribution in [0.15, 0.2) is 75.4 Å². The SMILES string of the molecule is C=NC(=N/C(=C\C)c1cc(F)c(Cc2nc3c(F)cc(C(=O)O)cc3n2Cc2ncco2)cc1F)OCc1ccc(C)cc1F. The molecular formula is C32H25F4N5O4. The van der Waals surface area contributed by atoms with Gasteiger partial charge in [-0.2, -0.15) is 4.99 Å². The highest BCUT2D eigenvalue weighted by molar-refractivity contribution is 5.93. The number of benzene rings is 3. The molecule has 0 aliphatic rings. The van der Waals surface area contributed by atoms with Crippen LogP contribution >= 0.6 is 0 Å². The van der Waals surface area contributed by atoms with Gasteiger partial charge in [0, 0.05) is 17.5 Å². The fourth-order valence-electron chi connectivity index (χ4n) is 4.63. The van der Waals surface area contributed by atoms with E-state index in [-0.39, 0.29) is 76.3 Å². The van der Waals surface area contributed by atoms with Crippen LogP contribution in [0.25, 0.3) is 16.7 Å². The highest BCUT2D eigenvalue weighted by Crippen LogP contribution is 2.28. The highest BCUT2D eigenvalue weighted by atomic mass is 19.1. The Morgan fingerprint density at radius 3 is 2.51 bits per heavy atom. The van der Waals surface area contributed by atoms with Crippen molar-refractivity contribution in [3.05, 3.63) is 124 Å². The van der Waals surface area contributed by atoms with E-state index in [1.807, 2.05) is 0 Å². The first-order valence-electron chi connectivity index (χ1n) is 13.5. The van der Waals surface area contributed by atoms with Crippen LogP contribution in [0.1, 0.15) is 51.3 Å². The Hall–Kier alpha value is -5.59. The van der Waals surface area contributed by atoms with Crippen LogP contribution in [0.4, 0.5) is 17.6 Å². The average Bonchev–Trinajstić information content (AvgIpc) is 3.64. The zero-order chi connectivity index (χ0) is 32.2. The van der Waals surface area contributed by atoms with Gasteiger partial charge in [-0.05, 0) is 62.0 Å². The zero-order valence-electron chi connectivity index (χ0n) is 24.0. The lowest BCUT2D eigenvalue weighted by atomic mass is 10.0. The topological polar surface area (TPSA) is 115 Å². The molecule has 0 saturated heterocycles. The molecule has 2 aromatic heterocycles. The van der Waals surface area contributed by atoms with Crippen molar-refractivity contribution < 1.29 is 36.6 Å². The van der Waals surface area contributed by atoms with Crippen molar-refractivity contribution in [1.29, 1.82) is 0 Å². The number of carbonyl (C=O) groups is 1. The fourth-order valence-corrected chi connectivity index (χ4v) is 4.63. The minimum Gasteiger partial charge on any atom is -0.478 e. The Labute approximate surface area is 253 Å². The first-order chi connectivity index (χ1) is 21.6. The molecule has 0 aliphatic carbocycles. The Balaban J connectivity index is 1.46. The number of hydrogen-bond acceptors (Lipinski definition) is 6. The van der Waals surface area contributed by atoms with Gasteiger partial charge in [0.2, 0.25) is 5.89 Å². The van der Waals surface area contributed by atoms with E-state index in [9.17, 15) is 18.7 Å². The molecule has 5 aromatic rings. The number of oxazole rings is 1. The highest BCUT2D eigenvalue weighted by Gasteiger charge is 2.22. The van der Waals surface area contributed by atoms with Crippen LogP contribution < -0.4 is 0 Å². The third-order valence-corrected chi connectivity index (χ3v) is 6.86. The second-order valence-electron chi connectivity index (χ2n) is 9.88. The number of aromatic carboxylic acids is 1. The van der Waals surface area contributed by atoms with E-state index in [0.717, 1.165) is 23.8 Å². The predicted octanol–water partition coefficient (Wildman–Crippen LogP) is 6.86. The number of fused-ring (bicyclic) bond motifs is 1. The molecule has 0 bridgehead atoms. The van der Waals surface area contributed by atoms with Crippen molar-refractivity contribution >= 4 is 35.4 Å². The molecule has 3 aromatic carbocycles. The van der Waals surface area contributed by atoms with Crippen LogP contribution in [-0.4, -0.2) is 38.4 Å². The molecule has 45 heavy (non-hydrogen) atoms. The lowest BCUT2D eigenvalue weighted by Crippen LogP contribution is -2.08. The van der Waals surface area contributed by atoms with Gasteiger partial charge >= 0.3 is 12.0 Å². The number of carboxylic acid groups (broad SMARTS) is 1. The number of ether oxygens (including phenoxy) is 1. The van der Waals surface area contributed by atoms with Crippen molar-refractivity contribution in [3.8, 4) is 0 Å². The quantitative estimate of drug-likeness (QED) is 0.110. The number of allylic oxidation sites excluding steroid dienone is 1. The molecule has 0 saturated carbocycles. The maximum atomic E-state index is 15.5. The van der Waals surface area contributed by atoms with Crippen LogP contribution in [0.2, 0.25) is 0 Å². The predicted molar refractivity (Wildman–Crippen MR) is 158 cm³/mol. The summed E-state index contributed by atoms with van der Waals surface area (Å²) in [6.45, 7) is 6.39. The molecule has 0 unspecified atom stereocenters. The van der Waals surface area contributed by atoms with Crippen molar-refractivity contribution in [2.24, 2.45) is 9.98 Å². The second-order valence-corrected chi connectivity index (χ2v) is 9.88. The van der Waals surface area contributed by atoms with Gasteiger partial charge in [0.05, 0.1) is 23.0 Å². The summed E-state index contributed by atoms with van der Waals surface area (Å²) in [4.78, 5) is 27.7. The fraction of sp³-hybridized carbons (Fsp3) is 0.156. The first kappa shape index (κ1) is 30.9. The average molecular weight is 620 g/mol. The Morgan fingerprint density at radius 2 is 1.84 bits per heavy atom. The summed E-state index contributed by atoms with van der Waals surface area (Å²) in [7, 11) is 0. The maximum absolute atomic E-state index is 15.5. The van der Waals surface area contributed by atoms with Gasteiger partial charge < -0.3 is 18.8 Å². The van der Waals surface area contributed by atoms with Crippen molar-refractivity contribution in [2.45, 2.75) is 33.4 Å². The van der Waals surface area contributed by atoms with Gasteiger partial charge in [0.15, 0.2) is 5.82 Å². The number of imidazole rings is 1. The molecule has 0 fully saturated rings. The standard InChI is InChI=1S/C32H25F4N5O4/c1-4-26(39-32(37-3)45-16-18-6-5-17(2)9-22(18)33)21-14-23(34)19(10-24(21)35)13-28-40-30-25(36)11-20(31(42)43)12-27(30)41(28)15-29-38-7-8-44-29/h4-12,14H,3,13,15-16H2,1-2H3,(H,42,43)/b26-4-,39-32?. The molecule has 0 amide bonds. The smallest absolute Gasteiger partial charge is 0.335 e. The van der Waals surface area contributed by atoms with E-state index >= 15 is 8.78 Å². The zero-order valence-corrected chi connectivity index (χ0v) is 24.0. The van der Waals surface area contributed by atoms with Gasteiger partial charge in [-0.15, -0.1) is 0 Å². The molecule has 2 heterocycles. The third kappa shape index (κ3) is 6.66. The van der Waals surface area contributed by atoms with Crippen LogP contribution in [-0.2, 0) is 24.3 Å². The summed E-state index contributed by atoms with van der Waals surface area (Å²) in [6, 6.07) is 8.29. The molecule has 5 rings (SSSR count). The maximum Gasteiger partial charge on any atom is 0.335 e. The monoisotopic (exact) mass is 619 g/mol. The van der Waals surface area contributed by atoms with Crippen LogP contribution in [0.5, 0.6) is 0 Å². The molecule has 0 spiro atoms. The molecule has 1 N–H and O–H groups in total. The van der Waals surface area contributed by atoms with E-state index in [4.69, 9.17) is 9.15 Å². The Morgan fingerprint density at radius 1 is 1.07 bits per heavy atom. The number of hydrogen-bond donors (Lipinski definition) is 1. The van der Waals surface area contributed by atoms with Gasteiger partial charge in [-0.1, -0.05) is 18.2 Å². The summed E-state index contributed by atoms with van der Waals surface area (Å²) in [6.07, 6.45) is 3.84. The molecule has 0 aliphatic heterocycles. The number of halogens is 4. The molecule has 9 nitrogen and oxygen atoms in total. The number of amidine groups is 1. The van der Waals surface area contributed by atoms with Gasteiger partial charge in [0.1, 0.15) is 48.2 Å². The number of aliphatic imine (C=N–C) groups is 2. The minimum atomic E-state index is -1.35. The van der Waals surface area contributed by atoms with Crippen molar-refractivity contribution in [3.63, 3.8) is 0 Å². The summed E-state index contributed by atoms with van der Waals surface area (Å²) in [5.41, 5.74) is 0.260. The van der Waals surface area contributed by atoms with Crippen molar-refractivity contribution in [2.75, 3.05) is 0 Å². The largest absolute Gasteiger partial charge is 0.478 e. The lowest BCUT2D eigenvalue weighted by molar-refractivity contribution is 0.0696. The summed E-state index contributed by atoms with van der Waals surface area (Å²) in [5, 5.41) is 9.42. The number of aryl methyl sites for hydroxylation is 1. The Kier molecular flexibility index (Phi) is 8.88. The summed E-state index contributed by atoms with van der Waals surface area (Å²) >= 11 is 0. The van der Waals surface area contributed by atoms with E-state index in [1.165, 1.54) is 35.2 Å². The first-order valence-corrected chi connectivity index (χ1v) is 13.5. The van der Waals surface area contributed by atoms with E-state index < -0.39 is 29.2 Å². The van der Waals surface area contributed by atoms with E-state index in [2.05, 4.69) is 26.7 Å². The summed E-state index contributed by atoms with van der Waals surface area (Å²) < 4.78 is 72.3. The molecule has 0 radical (unpaired) electrons. The molecule has 230 valence electrons. The number of nitrogens with zero attached hydrogens (tertiary/aromatic N) is 5. The molecule has 0 atom stereocenters. The van der Waals surface area contributed by atoms with Gasteiger partial charge in [-0.25, -0.2) is 37.3 Å². The van der Waals surface area contributed by atoms with Crippen LogP contribution in [0, 0.1) is 30.2 Å². The second kappa shape index (κ2) is 13.0. The van der Waals surface area contributed by atoms with Crippen LogP contribution in [0.3, 0.4) is 0 Å². The third-order valence-electron chi connectivity index (χ3n) is 6.86. The normalized spacial score (nSPS) is 12.1. The van der Waals surface area contributed by atoms with E-state index in [1.54, 1.807) is 26.0 Å². The number of rotatable bonds is 9. The Bertz CT molecular complexity index is 1980. The van der Waals surface area contributed by atoms with Gasteiger partial charge in [0.25, 0.3) is 0 Å². The van der Waals surface area contributed by atoms with Gasteiger partial charge in [-0.3, -0.25) is 0 Å². The number of aromatic nitrogens is 3. The van der Waals surface area contributed by atoms with E-state index in [0.29, 0.717) is 0 Å². The number of carboxylic acids is 1.